The maximum Gasteiger partial charge on any atom is 0.0798 e. The molecule has 0 amide bonds. The quantitative estimate of drug-likeness (QED) is 0.818. The Morgan fingerprint density at radius 1 is 1.24 bits per heavy atom. The van der Waals surface area contributed by atoms with E-state index in [1.807, 2.05) is 5.51 Å². The molecule has 1 N–H and O–H groups in total. The van der Waals surface area contributed by atoms with Gasteiger partial charge < -0.3 is 5.32 Å². The number of rotatable bonds is 7. The molecule has 2 rings (SSSR count). The van der Waals surface area contributed by atoms with Gasteiger partial charge in [-0.1, -0.05) is 32.0 Å². The second kappa shape index (κ2) is 7.57. The molecule has 2 aromatic rings. The van der Waals surface area contributed by atoms with Gasteiger partial charge in [0, 0.05) is 17.1 Å². The average molecular weight is 303 g/mol. The molecular formula is C17H25N3S. The van der Waals surface area contributed by atoms with E-state index < -0.39 is 0 Å². The molecule has 114 valence electrons. The zero-order chi connectivity index (χ0) is 15.2. The Bertz CT molecular complexity index is 561. The number of para-hydroxylation sites is 1. The van der Waals surface area contributed by atoms with Crippen LogP contribution in [-0.2, 0) is 6.54 Å². The highest BCUT2D eigenvalue weighted by molar-refractivity contribution is 7.09. The Hall–Kier alpha value is -1.39. The average Bonchev–Trinajstić information content (AvgIpc) is 2.92. The minimum absolute atomic E-state index is 0.287. The summed E-state index contributed by atoms with van der Waals surface area (Å²) in [4.78, 5) is 8.09. The van der Waals surface area contributed by atoms with Gasteiger partial charge in [0.05, 0.1) is 17.2 Å². The number of nitrogens with zero attached hydrogens (tertiary/aromatic N) is 2. The molecule has 0 aliphatic rings. The largest absolute Gasteiger partial charge is 0.377 e. The highest BCUT2D eigenvalue weighted by atomic mass is 32.1. The molecule has 0 spiro atoms. The van der Waals surface area contributed by atoms with Crippen LogP contribution in [0.1, 0.15) is 42.9 Å². The molecule has 1 aromatic heterocycles. The first-order valence-electron chi connectivity index (χ1n) is 7.62. The van der Waals surface area contributed by atoms with Crippen LogP contribution in [0.2, 0.25) is 0 Å². The summed E-state index contributed by atoms with van der Waals surface area (Å²) in [6, 6.07) is 8.89. The highest BCUT2D eigenvalue weighted by Gasteiger charge is 2.13. The standard InChI is InChI=1S/C17H25N3S/c1-5-20(6-2)11-15-9-7-8-10-16(15)19-14(4)17-13(3)18-12-21-17/h7-10,12,14,19H,5-6,11H2,1-4H3. The Labute approximate surface area is 132 Å². The number of thiazole rings is 1. The van der Waals surface area contributed by atoms with Crippen molar-refractivity contribution in [1.29, 1.82) is 0 Å². The molecule has 0 aliphatic carbocycles. The van der Waals surface area contributed by atoms with Crippen molar-refractivity contribution in [2.45, 2.75) is 40.3 Å². The van der Waals surface area contributed by atoms with E-state index in [0.29, 0.717) is 0 Å². The summed E-state index contributed by atoms with van der Waals surface area (Å²) in [7, 11) is 0. The van der Waals surface area contributed by atoms with Gasteiger partial charge in [0.1, 0.15) is 0 Å². The second-order valence-electron chi connectivity index (χ2n) is 5.29. The number of aryl methyl sites for hydroxylation is 1. The third kappa shape index (κ3) is 4.05. The van der Waals surface area contributed by atoms with Gasteiger partial charge in [-0.2, -0.15) is 0 Å². The number of hydrogen-bond acceptors (Lipinski definition) is 4. The maximum absolute atomic E-state index is 4.35. The molecule has 4 heteroatoms. The predicted molar refractivity (Wildman–Crippen MR) is 92.0 cm³/mol. The van der Waals surface area contributed by atoms with E-state index in [4.69, 9.17) is 0 Å². The number of hydrogen-bond donors (Lipinski definition) is 1. The monoisotopic (exact) mass is 303 g/mol. The van der Waals surface area contributed by atoms with Crippen molar-refractivity contribution in [1.82, 2.24) is 9.88 Å². The molecular weight excluding hydrogens is 278 g/mol. The molecule has 0 bridgehead atoms. The summed E-state index contributed by atoms with van der Waals surface area (Å²) >= 11 is 1.72. The highest BCUT2D eigenvalue weighted by Crippen LogP contribution is 2.27. The Kier molecular flexibility index (Phi) is 5.76. The zero-order valence-corrected chi connectivity index (χ0v) is 14.2. The van der Waals surface area contributed by atoms with Crippen molar-refractivity contribution >= 4 is 17.0 Å². The van der Waals surface area contributed by atoms with Crippen LogP contribution in [0.4, 0.5) is 5.69 Å². The molecule has 1 atom stereocenters. The van der Waals surface area contributed by atoms with Gasteiger partial charge in [-0.3, -0.25) is 4.90 Å². The van der Waals surface area contributed by atoms with E-state index in [2.05, 4.69) is 67.2 Å². The third-order valence-corrected chi connectivity index (χ3v) is 4.97. The number of benzene rings is 1. The minimum atomic E-state index is 0.287. The first-order chi connectivity index (χ1) is 10.2. The molecule has 21 heavy (non-hydrogen) atoms. The van der Waals surface area contributed by atoms with Crippen molar-refractivity contribution in [3.05, 3.63) is 45.9 Å². The van der Waals surface area contributed by atoms with E-state index in [9.17, 15) is 0 Å². The molecule has 1 unspecified atom stereocenters. The molecule has 0 saturated carbocycles. The summed E-state index contributed by atoms with van der Waals surface area (Å²) in [5.74, 6) is 0. The molecule has 0 aliphatic heterocycles. The van der Waals surface area contributed by atoms with Crippen molar-refractivity contribution in [2.24, 2.45) is 0 Å². The summed E-state index contributed by atoms with van der Waals surface area (Å²) in [6.45, 7) is 11.8. The van der Waals surface area contributed by atoms with E-state index >= 15 is 0 Å². The zero-order valence-electron chi connectivity index (χ0n) is 13.4. The summed E-state index contributed by atoms with van der Waals surface area (Å²) in [6.07, 6.45) is 0. The second-order valence-corrected chi connectivity index (χ2v) is 6.17. The number of aromatic nitrogens is 1. The van der Waals surface area contributed by atoms with Crippen LogP contribution in [0.3, 0.4) is 0 Å². The molecule has 3 nitrogen and oxygen atoms in total. The third-order valence-electron chi connectivity index (χ3n) is 3.85. The SMILES string of the molecule is CCN(CC)Cc1ccccc1NC(C)c1scnc1C. The fourth-order valence-corrected chi connectivity index (χ4v) is 3.32. The Balaban J connectivity index is 2.14. The van der Waals surface area contributed by atoms with Crippen LogP contribution in [0.25, 0.3) is 0 Å². The molecule has 1 aromatic carbocycles. The van der Waals surface area contributed by atoms with E-state index in [1.54, 1.807) is 11.3 Å². The van der Waals surface area contributed by atoms with Crippen LogP contribution in [0, 0.1) is 6.92 Å². The molecule has 1 heterocycles. The van der Waals surface area contributed by atoms with Crippen molar-refractivity contribution in [3.63, 3.8) is 0 Å². The lowest BCUT2D eigenvalue weighted by molar-refractivity contribution is 0.296. The van der Waals surface area contributed by atoms with Crippen LogP contribution < -0.4 is 5.32 Å². The van der Waals surface area contributed by atoms with Crippen LogP contribution in [-0.4, -0.2) is 23.0 Å². The smallest absolute Gasteiger partial charge is 0.0798 e. The number of anilines is 1. The first kappa shape index (κ1) is 16.0. The fourth-order valence-electron chi connectivity index (χ4n) is 2.51. The van der Waals surface area contributed by atoms with Crippen LogP contribution in [0.5, 0.6) is 0 Å². The van der Waals surface area contributed by atoms with Gasteiger partial charge in [-0.15, -0.1) is 11.3 Å². The van der Waals surface area contributed by atoms with Gasteiger partial charge >= 0.3 is 0 Å². The van der Waals surface area contributed by atoms with Gasteiger partial charge in [-0.05, 0) is 38.6 Å². The topological polar surface area (TPSA) is 28.2 Å². The van der Waals surface area contributed by atoms with Gasteiger partial charge in [-0.25, -0.2) is 4.98 Å². The Morgan fingerprint density at radius 3 is 2.57 bits per heavy atom. The van der Waals surface area contributed by atoms with Gasteiger partial charge in [0.2, 0.25) is 0 Å². The van der Waals surface area contributed by atoms with Crippen molar-refractivity contribution in [3.8, 4) is 0 Å². The predicted octanol–water partition coefficient (Wildman–Crippen LogP) is 4.47. The first-order valence-corrected chi connectivity index (χ1v) is 8.50. The summed E-state index contributed by atoms with van der Waals surface area (Å²) in [5.41, 5.74) is 5.63. The van der Waals surface area contributed by atoms with Gasteiger partial charge in [0.25, 0.3) is 0 Å². The summed E-state index contributed by atoms with van der Waals surface area (Å²) < 4.78 is 0. The molecule has 0 radical (unpaired) electrons. The number of nitrogens with one attached hydrogen (secondary N) is 1. The van der Waals surface area contributed by atoms with Crippen LogP contribution >= 0.6 is 11.3 Å². The summed E-state index contributed by atoms with van der Waals surface area (Å²) in [5, 5.41) is 3.65. The normalized spacial score (nSPS) is 12.6. The molecule has 0 saturated heterocycles. The lowest BCUT2D eigenvalue weighted by Gasteiger charge is -2.22. The van der Waals surface area contributed by atoms with Crippen molar-refractivity contribution < 1.29 is 0 Å². The van der Waals surface area contributed by atoms with Crippen LogP contribution in [0.15, 0.2) is 29.8 Å². The molecule has 0 fully saturated rings. The van der Waals surface area contributed by atoms with Gasteiger partial charge in [0.15, 0.2) is 0 Å². The maximum atomic E-state index is 4.35. The lowest BCUT2D eigenvalue weighted by Crippen LogP contribution is -2.23. The lowest BCUT2D eigenvalue weighted by atomic mass is 10.1. The van der Waals surface area contributed by atoms with E-state index in [1.165, 1.54) is 16.1 Å². The fraction of sp³-hybridized carbons (Fsp3) is 0.471. The minimum Gasteiger partial charge on any atom is -0.377 e. The van der Waals surface area contributed by atoms with Crippen molar-refractivity contribution in [2.75, 3.05) is 18.4 Å². The Morgan fingerprint density at radius 2 is 1.95 bits per heavy atom. The van der Waals surface area contributed by atoms with E-state index in [-0.39, 0.29) is 6.04 Å². The van der Waals surface area contributed by atoms with E-state index in [0.717, 1.165) is 25.3 Å².